The van der Waals surface area contributed by atoms with Crippen LogP contribution in [0, 0.1) is 6.92 Å². The Morgan fingerprint density at radius 2 is 0.895 bits per heavy atom. The summed E-state index contributed by atoms with van der Waals surface area (Å²) in [5.41, 5.74) is 2.54. The molecule has 0 saturated heterocycles. The van der Waals surface area contributed by atoms with Crippen molar-refractivity contribution < 1.29 is 54.2 Å². The van der Waals surface area contributed by atoms with Gasteiger partial charge < -0.3 is 23.4 Å². The number of benzene rings is 6. The van der Waals surface area contributed by atoms with Gasteiger partial charge in [-0.2, -0.15) is 0 Å². The highest BCUT2D eigenvalue weighted by Gasteiger charge is 2.21. The second-order valence-corrected chi connectivity index (χ2v) is 18.3. The normalized spacial score (nSPS) is 11.8. The Kier molecular flexibility index (Phi) is 11.5. The van der Waals surface area contributed by atoms with Gasteiger partial charge in [0.25, 0.3) is 9.05 Å². The molecular weight excluding hydrogens is 818 g/mol. The summed E-state index contributed by atoms with van der Waals surface area (Å²) in [7, 11) is -7.61. The lowest BCUT2D eigenvalue weighted by Gasteiger charge is -2.19. The number of sulfonamides is 2. The smallest absolute Gasteiger partial charge is 0.265 e. The first kappa shape index (κ1) is 40.6. The predicted octanol–water partition coefficient (Wildman–Crippen LogP) is 8.49. The van der Waals surface area contributed by atoms with Crippen molar-refractivity contribution in [1.82, 2.24) is 0 Å². The van der Waals surface area contributed by atoms with Crippen molar-refractivity contribution in [1.29, 1.82) is 0 Å². The number of ether oxygens (including phenoxy) is 3. The van der Waals surface area contributed by atoms with Crippen molar-refractivity contribution in [2.75, 3.05) is 6.26 Å². The zero-order valence-electron chi connectivity index (χ0n) is 29.7. The van der Waals surface area contributed by atoms with Crippen molar-refractivity contribution in [3.05, 3.63) is 165 Å². The van der Waals surface area contributed by atoms with Crippen LogP contribution in [0.5, 0.6) is 40.2 Å². The average Bonchev–Trinajstić information content (AvgIpc) is 3.15. The summed E-state index contributed by atoms with van der Waals surface area (Å²) in [5, 5.41) is 10.0. The minimum absolute atomic E-state index is 0.0599. The van der Waals surface area contributed by atoms with Gasteiger partial charge in [-0.1, -0.05) is 29.8 Å². The number of phenols is 1. The molecule has 13 nitrogen and oxygen atoms in total. The fraction of sp³-hybridized carbons (Fsp3) is 0.0500. The van der Waals surface area contributed by atoms with Crippen LogP contribution in [-0.2, 0) is 29.1 Å². The number of rotatable bonds is 14. The zero-order valence-corrected chi connectivity index (χ0v) is 32.9. The molecule has 0 heterocycles. The Labute approximate surface area is 332 Å². The van der Waals surface area contributed by atoms with E-state index in [1.165, 1.54) is 72.8 Å². The van der Waals surface area contributed by atoms with Crippen molar-refractivity contribution in [2.45, 2.75) is 16.7 Å². The Bertz CT molecular complexity index is 2830. The topological polar surface area (TPSA) is 199 Å². The molecule has 0 fully saturated rings. The molecule has 0 aromatic heterocycles. The Morgan fingerprint density at radius 3 is 1.32 bits per heavy atom. The van der Waals surface area contributed by atoms with E-state index < -0.39 is 39.7 Å². The number of nitrogens with zero attached hydrogens (tertiary/aromatic N) is 1. The van der Waals surface area contributed by atoms with Crippen LogP contribution in [0.3, 0.4) is 0 Å². The predicted molar refractivity (Wildman–Crippen MR) is 211 cm³/mol. The highest BCUT2D eigenvalue weighted by Crippen LogP contribution is 2.37. The van der Waals surface area contributed by atoms with E-state index in [9.17, 15) is 39.9 Å². The van der Waals surface area contributed by atoms with Gasteiger partial charge in [0.15, 0.2) is 11.6 Å². The van der Waals surface area contributed by atoms with Gasteiger partial charge in [-0.15, -0.1) is 0 Å². The van der Waals surface area contributed by atoms with Crippen molar-refractivity contribution in [3.8, 4) is 40.2 Å². The molecule has 57 heavy (non-hydrogen) atoms. The quantitative estimate of drug-likeness (QED) is 0.0811. The van der Waals surface area contributed by atoms with Crippen LogP contribution in [-0.4, -0.2) is 48.2 Å². The van der Waals surface area contributed by atoms with Crippen molar-refractivity contribution in [2.24, 2.45) is 0 Å². The minimum atomic E-state index is -4.76. The van der Waals surface area contributed by atoms with Gasteiger partial charge in [0, 0.05) is 51.3 Å². The largest absolute Gasteiger partial charge is 0.507 e. The Hall–Kier alpha value is -6.04. The molecule has 0 aliphatic carbocycles. The lowest BCUT2D eigenvalue weighted by molar-refractivity contribution is 0.103. The molecule has 0 atom stereocenters. The van der Waals surface area contributed by atoms with Gasteiger partial charge in [0.2, 0.25) is 0 Å². The minimum Gasteiger partial charge on any atom is -0.507 e. The second-order valence-electron chi connectivity index (χ2n) is 12.4. The summed E-state index contributed by atoms with van der Waals surface area (Å²) in [6.07, 6.45) is 0.595. The molecule has 0 radical (unpaired) electrons. The lowest BCUT2D eigenvalue weighted by atomic mass is 10.0. The van der Waals surface area contributed by atoms with Crippen LogP contribution >= 0.6 is 10.7 Å². The van der Waals surface area contributed by atoms with E-state index in [2.05, 4.69) is 4.13 Å². The molecule has 17 heteroatoms. The Morgan fingerprint density at radius 1 is 0.526 bits per heavy atom. The van der Waals surface area contributed by atoms with Gasteiger partial charge in [0.05, 0.1) is 14.9 Å². The number of hydrogen-bond donors (Lipinski definition) is 1. The van der Waals surface area contributed by atoms with Crippen LogP contribution < -0.4 is 14.2 Å². The summed E-state index contributed by atoms with van der Waals surface area (Å²) in [5.74, 6) is -0.574. The zero-order chi connectivity index (χ0) is 41.1. The first-order chi connectivity index (χ1) is 26.8. The van der Waals surface area contributed by atoms with Gasteiger partial charge in [-0.25, -0.2) is 25.3 Å². The maximum atomic E-state index is 13.2. The van der Waals surface area contributed by atoms with E-state index in [1.54, 1.807) is 36.4 Å². The summed E-state index contributed by atoms with van der Waals surface area (Å²) in [6, 6.07) is 32.5. The fourth-order valence-electron chi connectivity index (χ4n) is 5.27. The highest BCUT2D eigenvalue weighted by atomic mass is 35.7. The molecule has 0 saturated carbocycles. The monoisotopic (exact) mass is 846 g/mol. The van der Waals surface area contributed by atoms with Gasteiger partial charge >= 0.3 is 0 Å². The molecule has 0 bridgehead atoms. The maximum absolute atomic E-state index is 13.2. The summed E-state index contributed by atoms with van der Waals surface area (Å²) in [6.45, 7) is 1.93. The van der Waals surface area contributed by atoms with Crippen LogP contribution in [0.4, 0.5) is 0 Å². The van der Waals surface area contributed by atoms with E-state index in [0.29, 0.717) is 23.1 Å². The van der Waals surface area contributed by atoms with Gasteiger partial charge in [-0.05, 0) is 104 Å². The number of halogens is 1. The molecule has 0 amide bonds. The molecule has 1 N–H and O–H groups in total. The van der Waals surface area contributed by atoms with Crippen LogP contribution in [0.25, 0.3) is 4.13 Å². The lowest BCUT2D eigenvalue weighted by Crippen LogP contribution is -2.06. The van der Waals surface area contributed by atoms with E-state index in [4.69, 9.17) is 24.9 Å². The van der Waals surface area contributed by atoms with E-state index in [1.807, 2.05) is 19.1 Å². The fourth-order valence-corrected chi connectivity index (χ4v) is 8.58. The average molecular weight is 847 g/mol. The molecule has 6 rings (SSSR count). The van der Waals surface area contributed by atoms with E-state index in [0.717, 1.165) is 17.7 Å². The SMILES string of the molecule is Cc1ccc(C(=O)c2ccc(Oc3ccc(Oc4ccc(C(=O)c5ccc(Oc6ccc(O)c(S(=O)(=O)[N-]S(C)(=O)=O)c6)cc5)cc4)c(S(=O)(=O)Cl)c3)cc2)cc1. The van der Waals surface area contributed by atoms with Crippen LogP contribution in [0.15, 0.2) is 143 Å². The van der Waals surface area contributed by atoms with Crippen molar-refractivity contribution in [3.63, 3.8) is 0 Å². The van der Waals surface area contributed by atoms with Gasteiger partial charge in [0.1, 0.15) is 55.2 Å². The molecule has 0 spiro atoms. The van der Waals surface area contributed by atoms with Gasteiger partial charge in [-0.3, -0.25) is 9.59 Å². The maximum Gasteiger partial charge on any atom is 0.265 e. The Balaban J connectivity index is 1.11. The second kappa shape index (κ2) is 16.2. The molecule has 6 aromatic rings. The molecule has 292 valence electrons. The number of aryl methyl sites for hydroxylation is 1. The van der Waals surface area contributed by atoms with Crippen molar-refractivity contribution >= 4 is 51.3 Å². The van der Waals surface area contributed by atoms with Crippen LogP contribution in [0.1, 0.15) is 37.4 Å². The molecule has 0 aliphatic heterocycles. The third-order valence-electron chi connectivity index (χ3n) is 7.98. The molecular formula is C40H29ClNO12S3-. The van der Waals surface area contributed by atoms with Crippen LogP contribution in [0.2, 0.25) is 0 Å². The summed E-state index contributed by atoms with van der Waals surface area (Å²) >= 11 is 0. The number of ketones is 2. The van der Waals surface area contributed by atoms with E-state index in [-0.39, 0.29) is 56.3 Å². The third-order valence-corrected chi connectivity index (χ3v) is 12.1. The number of carbonyl (C=O) groups is 2. The van der Waals surface area contributed by atoms with E-state index >= 15 is 0 Å². The third kappa shape index (κ3) is 10.2. The summed E-state index contributed by atoms with van der Waals surface area (Å²) in [4.78, 5) is 24.9. The summed E-state index contributed by atoms with van der Waals surface area (Å²) < 4.78 is 92.8. The number of aromatic hydroxyl groups is 1. The highest BCUT2D eigenvalue weighted by molar-refractivity contribution is 8.14. The molecule has 0 unspecified atom stereocenters. The number of hydrogen-bond acceptors (Lipinski definition) is 12. The standard InChI is InChI=1S/C40H29ClNO12S3/c1-25-3-5-26(6-4-25)39(44)27-7-15-31(16-8-27)53-34-20-22-36(38(24-34)56(41,48)49)54-32-17-11-29(12-18-32)40(45)28-9-13-30(14-10-28)52-33-19-21-35(43)37(23-33)57(50,51)42-55(2,46)47/h3-24,43H,1-2H3/q-1. The number of phenolic OH excluding ortho intramolecular Hbond substituents is 1. The number of carbonyl (C=O) groups excluding carboxylic acids is 2. The molecule has 6 aromatic carbocycles. The first-order valence-electron chi connectivity index (χ1n) is 16.5. The molecule has 0 aliphatic rings. The first-order valence-corrected chi connectivity index (χ1v) is 22.1.